The van der Waals surface area contributed by atoms with Crippen molar-refractivity contribution in [3.05, 3.63) is 76.5 Å². The van der Waals surface area contributed by atoms with Gasteiger partial charge < -0.3 is 14.5 Å². The third kappa shape index (κ3) is 5.54. The molecule has 1 saturated heterocycles. The molecule has 180 valence electrons. The summed E-state index contributed by atoms with van der Waals surface area (Å²) < 4.78 is 37.2. The van der Waals surface area contributed by atoms with E-state index in [-0.39, 0.29) is 21.8 Å². The largest absolute Gasteiger partial charge is 0.497 e. The SMILES string of the molecule is COc1ccc(C(CNC(=O)c2ccc(S(=O)(=O)c3ccc(Br)cc3)o2)N2CCCCC2)cc1. The number of benzene rings is 2. The summed E-state index contributed by atoms with van der Waals surface area (Å²) in [5.74, 6) is 0.288. The number of nitrogens with zero attached hydrogens (tertiary/aromatic N) is 1. The molecule has 7 nitrogen and oxygen atoms in total. The number of sulfone groups is 1. The quantitative estimate of drug-likeness (QED) is 0.434. The van der Waals surface area contributed by atoms with E-state index in [1.807, 2.05) is 24.3 Å². The molecular formula is C25H27BrN2O5S. The van der Waals surface area contributed by atoms with Crippen LogP contribution >= 0.6 is 15.9 Å². The summed E-state index contributed by atoms with van der Waals surface area (Å²) in [6, 6.07) is 16.8. The summed E-state index contributed by atoms with van der Waals surface area (Å²) in [4.78, 5) is 15.3. The van der Waals surface area contributed by atoms with Crippen molar-refractivity contribution in [2.75, 3.05) is 26.7 Å². The zero-order valence-corrected chi connectivity index (χ0v) is 21.3. The van der Waals surface area contributed by atoms with Crippen LogP contribution in [0.15, 0.2) is 79.5 Å². The minimum atomic E-state index is -3.85. The summed E-state index contributed by atoms with van der Waals surface area (Å²) >= 11 is 3.29. The molecule has 2 heterocycles. The Hall–Kier alpha value is -2.62. The highest BCUT2D eigenvalue weighted by molar-refractivity contribution is 9.10. The van der Waals surface area contributed by atoms with Crippen molar-refractivity contribution in [1.29, 1.82) is 0 Å². The molecule has 4 rings (SSSR count). The van der Waals surface area contributed by atoms with Crippen molar-refractivity contribution in [1.82, 2.24) is 10.2 Å². The number of amides is 1. The van der Waals surface area contributed by atoms with E-state index in [0.717, 1.165) is 41.7 Å². The lowest BCUT2D eigenvalue weighted by Gasteiger charge is -2.35. The second kappa shape index (κ2) is 10.8. The minimum Gasteiger partial charge on any atom is -0.497 e. The van der Waals surface area contributed by atoms with Crippen LogP contribution in [-0.2, 0) is 9.84 Å². The number of likely N-dealkylation sites (tertiary alicyclic amines) is 1. The first-order valence-corrected chi connectivity index (χ1v) is 13.4. The molecule has 1 aromatic heterocycles. The number of ether oxygens (including phenoxy) is 1. The number of nitrogens with one attached hydrogen (secondary N) is 1. The van der Waals surface area contributed by atoms with Gasteiger partial charge >= 0.3 is 0 Å². The number of furan rings is 1. The zero-order valence-electron chi connectivity index (χ0n) is 18.9. The Morgan fingerprint density at radius 1 is 1.03 bits per heavy atom. The maximum Gasteiger partial charge on any atom is 0.287 e. The van der Waals surface area contributed by atoms with Crippen LogP contribution in [-0.4, -0.2) is 46.0 Å². The zero-order chi connectivity index (χ0) is 24.1. The van der Waals surface area contributed by atoms with Crippen molar-refractivity contribution < 1.29 is 22.4 Å². The molecule has 1 unspecified atom stereocenters. The molecular weight excluding hydrogens is 520 g/mol. The third-order valence-electron chi connectivity index (χ3n) is 5.98. The molecule has 1 fully saturated rings. The van der Waals surface area contributed by atoms with Gasteiger partial charge in [-0.05, 0) is 80.0 Å². The lowest BCUT2D eigenvalue weighted by Crippen LogP contribution is -2.40. The Morgan fingerprint density at radius 2 is 1.71 bits per heavy atom. The van der Waals surface area contributed by atoms with Crippen LogP contribution in [0.3, 0.4) is 0 Å². The van der Waals surface area contributed by atoms with Crippen molar-refractivity contribution in [3.8, 4) is 5.75 Å². The normalized spacial score (nSPS) is 15.6. The van der Waals surface area contributed by atoms with E-state index in [9.17, 15) is 13.2 Å². The predicted molar refractivity (Wildman–Crippen MR) is 132 cm³/mol. The average molecular weight is 547 g/mol. The summed E-state index contributed by atoms with van der Waals surface area (Å²) in [7, 11) is -2.22. The lowest BCUT2D eigenvalue weighted by molar-refractivity contribution is 0.0892. The molecule has 0 spiro atoms. The van der Waals surface area contributed by atoms with Crippen LogP contribution in [0.1, 0.15) is 41.4 Å². The van der Waals surface area contributed by atoms with Crippen LogP contribution in [0.25, 0.3) is 0 Å². The molecule has 1 aliphatic heterocycles. The van der Waals surface area contributed by atoms with Gasteiger partial charge in [0.25, 0.3) is 5.91 Å². The maximum absolute atomic E-state index is 12.8. The van der Waals surface area contributed by atoms with Crippen LogP contribution in [0.4, 0.5) is 0 Å². The van der Waals surface area contributed by atoms with Gasteiger partial charge in [0.2, 0.25) is 14.9 Å². The van der Waals surface area contributed by atoms with Crippen LogP contribution < -0.4 is 10.1 Å². The molecule has 2 aromatic carbocycles. The number of rotatable bonds is 8. The van der Waals surface area contributed by atoms with Crippen LogP contribution in [0, 0.1) is 0 Å². The molecule has 0 aliphatic carbocycles. The van der Waals surface area contributed by atoms with Gasteiger partial charge in [0.1, 0.15) is 5.75 Å². The molecule has 34 heavy (non-hydrogen) atoms. The topological polar surface area (TPSA) is 88.8 Å². The first-order valence-electron chi connectivity index (χ1n) is 11.1. The fourth-order valence-electron chi connectivity index (χ4n) is 4.11. The third-order valence-corrected chi connectivity index (χ3v) is 8.15. The number of piperidine rings is 1. The van der Waals surface area contributed by atoms with Gasteiger partial charge in [-0.15, -0.1) is 0 Å². The van der Waals surface area contributed by atoms with Gasteiger partial charge in [-0.25, -0.2) is 8.42 Å². The van der Waals surface area contributed by atoms with Crippen LogP contribution in [0.5, 0.6) is 5.75 Å². The highest BCUT2D eigenvalue weighted by atomic mass is 79.9. The van der Waals surface area contributed by atoms with Gasteiger partial charge in [-0.1, -0.05) is 34.5 Å². The predicted octanol–water partition coefficient (Wildman–Crippen LogP) is 4.84. The molecule has 1 amide bonds. The van der Waals surface area contributed by atoms with E-state index < -0.39 is 15.7 Å². The molecule has 9 heteroatoms. The highest BCUT2D eigenvalue weighted by Crippen LogP contribution is 2.27. The lowest BCUT2D eigenvalue weighted by atomic mass is 10.0. The molecule has 0 saturated carbocycles. The van der Waals surface area contributed by atoms with E-state index in [0.29, 0.717) is 6.54 Å². The van der Waals surface area contributed by atoms with Gasteiger partial charge in [-0.2, -0.15) is 0 Å². The second-order valence-corrected chi connectivity index (χ2v) is 11.0. The number of halogens is 1. The van der Waals surface area contributed by atoms with Crippen molar-refractivity contribution >= 4 is 31.7 Å². The summed E-state index contributed by atoms with van der Waals surface area (Å²) in [5.41, 5.74) is 1.08. The number of carbonyl (C=O) groups is 1. The van der Waals surface area contributed by atoms with E-state index in [1.165, 1.54) is 30.7 Å². The average Bonchev–Trinajstić information content (AvgIpc) is 3.37. The number of hydrogen-bond acceptors (Lipinski definition) is 6. The fourth-order valence-corrected chi connectivity index (χ4v) is 5.54. The van der Waals surface area contributed by atoms with E-state index in [4.69, 9.17) is 9.15 Å². The molecule has 1 aliphatic rings. The van der Waals surface area contributed by atoms with Gasteiger partial charge in [-0.3, -0.25) is 9.69 Å². The molecule has 1 N–H and O–H groups in total. The Balaban J connectivity index is 1.48. The van der Waals surface area contributed by atoms with E-state index in [2.05, 4.69) is 26.1 Å². The summed E-state index contributed by atoms with van der Waals surface area (Å²) in [6.45, 7) is 2.30. The van der Waals surface area contributed by atoms with Gasteiger partial charge in [0.05, 0.1) is 18.0 Å². The molecule has 3 aromatic rings. The van der Waals surface area contributed by atoms with Gasteiger partial charge in [0.15, 0.2) is 5.76 Å². The highest BCUT2D eigenvalue weighted by Gasteiger charge is 2.26. The van der Waals surface area contributed by atoms with E-state index >= 15 is 0 Å². The van der Waals surface area contributed by atoms with Crippen molar-refractivity contribution in [3.63, 3.8) is 0 Å². The molecule has 0 radical (unpaired) electrons. The number of methoxy groups -OCH3 is 1. The molecule has 1 atom stereocenters. The van der Waals surface area contributed by atoms with E-state index in [1.54, 1.807) is 19.2 Å². The Kier molecular flexibility index (Phi) is 7.75. The number of carbonyl (C=O) groups excluding carboxylic acids is 1. The second-order valence-electron chi connectivity index (χ2n) is 8.17. The first kappa shape index (κ1) is 24.5. The summed E-state index contributed by atoms with van der Waals surface area (Å²) in [5, 5.41) is 2.67. The molecule has 0 bridgehead atoms. The smallest absolute Gasteiger partial charge is 0.287 e. The summed E-state index contributed by atoms with van der Waals surface area (Å²) in [6.07, 6.45) is 3.45. The maximum atomic E-state index is 12.8. The van der Waals surface area contributed by atoms with Crippen molar-refractivity contribution in [2.45, 2.75) is 35.3 Å². The standard InChI is InChI=1S/C25H27BrN2O5S/c1-32-20-9-5-18(6-10-20)22(28-15-3-2-4-16-28)17-27-25(29)23-13-14-24(33-23)34(30,31)21-11-7-19(26)8-12-21/h5-14,22H,2-4,15-17H2,1H3,(H,27,29). The Bertz CT molecular complexity index is 1220. The Labute approximate surface area is 208 Å². The minimum absolute atomic E-state index is 0.00362. The first-order chi connectivity index (χ1) is 16.4. The van der Waals surface area contributed by atoms with Gasteiger partial charge in [0, 0.05) is 11.0 Å². The monoisotopic (exact) mass is 546 g/mol. The van der Waals surface area contributed by atoms with Crippen molar-refractivity contribution in [2.24, 2.45) is 0 Å². The Morgan fingerprint density at radius 3 is 2.35 bits per heavy atom. The van der Waals surface area contributed by atoms with Crippen LogP contribution in [0.2, 0.25) is 0 Å². The number of hydrogen-bond donors (Lipinski definition) is 1. The fraction of sp³-hybridized carbons (Fsp3) is 0.320.